The molecule has 6 nitrogen and oxygen atoms in total. The molecular weight excluding hydrogens is 344 g/mol. The minimum Gasteiger partial charge on any atom is -0.494 e. The molecule has 0 aliphatic carbocycles. The molecule has 1 amide bonds. The smallest absolute Gasteiger partial charge is 0.307 e. The van der Waals surface area contributed by atoms with Gasteiger partial charge in [-0.25, -0.2) is 5.43 Å². The van der Waals surface area contributed by atoms with Gasteiger partial charge < -0.3 is 13.9 Å². The third-order valence-corrected chi connectivity index (χ3v) is 3.60. The second-order valence-electron chi connectivity index (χ2n) is 5.50. The zero-order valence-corrected chi connectivity index (χ0v) is 14.8. The number of hydrogen-bond acceptors (Lipinski definition) is 5. The molecule has 0 spiro atoms. The molecule has 0 atom stereocenters. The molecule has 0 saturated heterocycles. The highest BCUT2D eigenvalue weighted by atomic mass is 16.5. The Labute approximate surface area is 156 Å². The van der Waals surface area contributed by atoms with Crippen molar-refractivity contribution in [2.24, 2.45) is 5.10 Å². The third-order valence-electron chi connectivity index (χ3n) is 3.60. The standard InChI is InChI=1S/C21H18N2O4/c1-3-11-26-17-7-5-15(6-8-17)14-22-23-21(24)20-13-16-12-18(25-4-2)9-10-19(16)27-20/h1,5-10,12-14H,4,11H2,2H3,(H,23,24)/b22-14+. The van der Waals surface area contributed by atoms with Gasteiger partial charge >= 0.3 is 5.91 Å². The van der Waals surface area contributed by atoms with E-state index in [1.165, 1.54) is 6.21 Å². The lowest BCUT2D eigenvalue weighted by Gasteiger charge is -2.01. The van der Waals surface area contributed by atoms with Gasteiger partial charge in [-0.1, -0.05) is 5.92 Å². The first kappa shape index (κ1) is 18.1. The van der Waals surface area contributed by atoms with Gasteiger partial charge in [-0.2, -0.15) is 5.10 Å². The topological polar surface area (TPSA) is 73.1 Å². The Hall–Kier alpha value is -3.72. The average molecular weight is 362 g/mol. The van der Waals surface area contributed by atoms with Crippen LogP contribution in [-0.2, 0) is 0 Å². The number of ether oxygens (including phenoxy) is 2. The average Bonchev–Trinajstić information content (AvgIpc) is 3.11. The first-order chi connectivity index (χ1) is 13.2. The second-order valence-corrected chi connectivity index (χ2v) is 5.50. The van der Waals surface area contributed by atoms with E-state index in [9.17, 15) is 4.79 Å². The minimum absolute atomic E-state index is 0.175. The lowest BCUT2D eigenvalue weighted by atomic mass is 10.2. The number of hydrogen-bond donors (Lipinski definition) is 1. The molecule has 27 heavy (non-hydrogen) atoms. The molecule has 3 aromatic rings. The molecular formula is C21H18N2O4. The number of hydrazone groups is 1. The first-order valence-corrected chi connectivity index (χ1v) is 8.35. The Kier molecular flexibility index (Phi) is 5.75. The fourth-order valence-electron chi connectivity index (χ4n) is 2.39. The number of nitrogens with one attached hydrogen (secondary N) is 1. The van der Waals surface area contributed by atoms with E-state index in [-0.39, 0.29) is 12.4 Å². The summed E-state index contributed by atoms with van der Waals surface area (Å²) in [5.41, 5.74) is 3.85. The summed E-state index contributed by atoms with van der Waals surface area (Å²) in [4.78, 5) is 12.2. The van der Waals surface area contributed by atoms with Gasteiger partial charge in [0.1, 0.15) is 23.7 Å². The minimum atomic E-state index is -0.436. The maximum absolute atomic E-state index is 12.2. The van der Waals surface area contributed by atoms with Gasteiger partial charge in [0.2, 0.25) is 0 Å². The summed E-state index contributed by atoms with van der Waals surface area (Å²) in [6, 6.07) is 14.2. The molecule has 6 heteroatoms. The molecule has 0 radical (unpaired) electrons. The van der Waals surface area contributed by atoms with Gasteiger partial charge in [-0.3, -0.25) is 4.79 Å². The van der Waals surface area contributed by atoms with Crippen LogP contribution in [0.25, 0.3) is 11.0 Å². The summed E-state index contributed by atoms with van der Waals surface area (Å²) in [5.74, 6) is 3.54. The number of benzene rings is 2. The van der Waals surface area contributed by atoms with Crippen LogP contribution in [0, 0.1) is 12.3 Å². The Balaban J connectivity index is 1.62. The maximum Gasteiger partial charge on any atom is 0.307 e. The van der Waals surface area contributed by atoms with Crippen molar-refractivity contribution in [1.29, 1.82) is 0 Å². The highest BCUT2D eigenvalue weighted by Crippen LogP contribution is 2.24. The van der Waals surface area contributed by atoms with Crippen LogP contribution in [0.5, 0.6) is 11.5 Å². The molecule has 0 aliphatic heterocycles. The van der Waals surface area contributed by atoms with Crippen molar-refractivity contribution in [3.05, 3.63) is 59.9 Å². The summed E-state index contributed by atoms with van der Waals surface area (Å²) < 4.78 is 16.3. The summed E-state index contributed by atoms with van der Waals surface area (Å²) in [6.07, 6.45) is 6.67. The van der Waals surface area contributed by atoms with Gasteiger partial charge in [-0.15, -0.1) is 6.42 Å². The summed E-state index contributed by atoms with van der Waals surface area (Å²) in [6.45, 7) is 2.70. The van der Waals surface area contributed by atoms with Crippen molar-refractivity contribution in [2.75, 3.05) is 13.2 Å². The number of fused-ring (bicyclic) bond motifs is 1. The quantitative estimate of drug-likeness (QED) is 0.396. The molecule has 2 aromatic carbocycles. The van der Waals surface area contributed by atoms with Gasteiger partial charge in [0.05, 0.1) is 12.8 Å². The number of rotatable bonds is 7. The SMILES string of the molecule is C#CCOc1ccc(/C=N/NC(=O)c2cc3cc(OCC)ccc3o2)cc1. The normalized spacial score (nSPS) is 10.7. The van der Waals surface area contributed by atoms with E-state index < -0.39 is 5.91 Å². The zero-order chi connectivity index (χ0) is 19.1. The number of furan rings is 1. The predicted octanol–water partition coefficient (Wildman–Crippen LogP) is 3.61. The summed E-state index contributed by atoms with van der Waals surface area (Å²) in [5, 5.41) is 4.73. The van der Waals surface area contributed by atoms with Gasteiger partial charge in [0.15, 0.2) is 5.76 Å². The van der Waals surface area contributed by atoms with Crippen molar-refractivity contribution < 1.29 is 18.7 Å². The second kappa shape index (κ2) is 8.59. The Morgan fingerprint density at radius 1 is 1.19 bits per heavy atom. The molecule has 0 saturated carbocycles. The number of amides is 1. The number of carbonyl (C=O) groups is 1. The Morgan fingerprint density at radius 2 is 1.96 bits per heavy atom. The van der Waals surface area contributed by atoms with Crippen LogP contribution in [-0.4, -0.2) is 25.3 Å². The Bertz CT molecular complexity index is 997. The van der Waals surface area contributed by atoms with Gasteiger partial charge in [-0.05, 0) is 61.0 Å². The fourth-order valence-corrected chi connectivity index (χ4v) is 2.39. The van der Waals surface area contributed by atoms with E-state index >= 15 is 0 Å². The van der Waals surface area contributed by atoms with E-state index in [1.807, 2.05) is 13.0 Å². The lowest BCUT2D eigenvalue weighted by molar-refractivity contribution is 0.0929. The van der Waals surface area contributed by atoms with Crippen LogP contribution in [0.1, 0.15) is 23.0 Å². The number of terminal acetylenes is 1. The molecule has 0 fully saturated rings. The lowest BCUT2D eigenvalue weighted by Crippen LogP contribution is -2.16. The largest absolute Gasteiger partial charge is 0.494 e. The number of nitrogens with zero attached hydrogens (tertiary/aromatic N) is 1. The van der Waals surface area contributed by atoms with Crippen molar-refractivity contribution in [1.82, 2.24) is 5.43 Å². The van der Waals surface area contributed by atoms with E-state index in [0.29, 0.717) is 17.9 Å². The van der Waals surface area contributed by atoms with E-state index in [1.54, 1.807) is 42.5 Å². The third kappa shape index (κ3) is 4.67. The molecule has 3 rings (SSSR count). The van der Waals surface area contributed by atoms with Crippen LogP contribution < -0.4 is 14.9 Å². The van der Waals surface area contributed by atoms with Crippen LogP contribution in [0.3, 0.4) is 0 Å². The fraction of sp³-hybridized carbons (Fsp3) is 0.143. The van der Waals surface area contributed by atoms with Crippen LogP contribution >= 0.6 is 0 Å². The van der Waals surface area contributed by atoms with E-state index in [4.69, 9.17) is 20.3 Å². The number of carbonyl (C=O) groups excluding carboxylic acids is 1. The van der Waals surface area contributed by atoms with Crippen LogP contribution in [0.4, 0.5) is 0 Å². The monoisotopic (exact) mass is 362 g/mol. The molecule has 0 aliphatic rings. The van der Waals surface area contributed by atoms with Crippen molar-refractivity contribution in [3.8, 4) is 23.8 Å². The molecule has 1 aromatic heterocycles. The summed E-state index contributed by atoms with van der Waals surface area (Å²) >= 11 is 0. The predicted molar refractivity (Wildman–Crippen MR) is 103 cm³/mol. The van der Waals surface area contributed by atoms with Crippen molar-refractivity contribution in [3.63, 3.8) is 0 Å². The summed E-state index contributed by atoms with van der Waals surface area (Å²) in [7, 11) is 0. The highest BCUT2D eigenvalue weighted by Gasteiger charge is 2.12. The van der Waals surface area contributed by atoms with Gasteiger partial charge in [0.25, 0.3) is 0 Å². The zero-order valence-electron chi connectivity index (χ0n) is 14.8. The van der Waals surface area contributed by atoms with Gasteiger partial charge in [0, 0.05) is 5.39 Å². The Morgan fingerprint density at radius 3 is 2.70 bits per heavy atom. The van der Waals surface area contributed by atoms with E-state index in [2.05, 4.69) is 16.4 Å². The van der Waals surface area contributed by atoms with Crippen LogP contribution in [0.2, 0.25) is 0 Å². The van der Waals surface area contributed by atoms with Crippen molar-refractivity contribution >= 4 is 23.1 Å². The highest BCUT2D eigenvalue weighted by molar-refractivity contribution is 5.96. The molecule has 1 heterocycles. The van der Waals surface area contributed by atoms with E-state index in [0.717, 1.165) is 16.7 Å². The molecule has 1 N–H and O–H groups in total. The maximum atomic E-state index is 12.2. The molecule has 0 unspecified atom stereocenters. The van der Waals surface area contributed by atoms with Crippen LogP contribution in [0.15, 0.2) is 58.0 Å². The first-order valence-electron chi connectivity index (χ1n) is 8.35. The molecule has 0 bridgehead atoms. The van der Waals surface area contributed by atoms with Crippen molar-refractivity contribution in [2.45, 2.75) is 6.92 Å². The molecule has 136 valence electrons.